The molecular formula is C17H25ClN2. The van der Waals surface area contributed by atoms with Crippen LogP contribution in [0.15, 0.2) is 24.3 Å². The molecule has 0 aliphatic carbocycles. The maximum absolute atomic E-state index is 6.10. The number of benzene rings is 1. The van der Waals surface area contributed by atoms with Gasteiger partial charge in [-0.05, 0) is 81.4 Å². The third-order valence-electron chi connectivity index (χ3n) is 4.82. The Bertz CT molecular complexity index is 421. The Kier molecular flexibility index (Phi) is 4.98. The van der Waals surface area contributed by atoms with E-state index in [4.69, 9.17) is 11.6 Å². The Balaban J connectivity index is 1.49. The minimum Gasteiger partial charge on any atom is -0.316 e. The molecule has 1 aromatic rings. The molecule has 1 atom stereocenters. The lowest BCUT2D eigenvalue weighted by molar-refractivity contribution is 0.169. The molecule has 2 heterocycles. The van der Waals surface area contributed by atoms with E-state index in [1.54, 1.807) is 0 Å². The molecule has 3 rings (SSSR count). The van der Waals surface area contributed by atoms with Gasteiger partial charge in [-0.1, -0.05) is 23.7 Å². The van der Waals surface area contributed by atoms with Crippen molar-refractivity contribution in [1.29, 1.82) is 0 Å². The Hall–Kier alpha value is -0.570. The molecule has 0 bridgehead atoms. The molecule has 0 saturated carbocycles. The van der Waals surface area contributed by atoms with Crippen LogP contribution >= 0.6 is 11.6 Å². The predicted molar refractivity (Wildman–Crippen MR) is 85.5 cm³/mol. The number of nitrogens with one attached hydrogen (secondary N) is 1. The number of rotatable bonds is 3. The van der Waals surface area contributed by atoms with Crippen LogP contribution in [0.25, 0.3) is 0 Å². The molecule has 2 saturated heterocycles. The molecule has 0 spiro atoms. The van der Waals surface area contributed by atoms with Crippen LogP contribution in [0, 0.1) is 5.92 Å². The van der Waals surface area contributed by atoms with Gasteiger partial charge in [0, 0.05) is 11.6 Å². The molecule has 2 aliphatic rings. The fourth-order valence-electron chi connectivity index (χ4n) is 3.65. The fraction of sp³-hybridized carbons (Fsp3) is 0.647. The number of nitrogens with zero attached hydrogens (tertiary/aromatic N) is 1. The molecule has 2 fully saturated rings. The van der Waals surface area contributed by atoms with Gasteiger partial charge in [-0.3, -0.25) is 0 Å². The molecule has 0 aromatic heterocycles. The van der Waals surface area contributed by atoms with E-state index < -0.39 is 0 Å². The lowest BCUT2D eigenvalue weighted by Gasteiger charge is -2.35. The van der Waals surface area contributed by atoms with Crippen LogP contribution in [-0.4, -0.2) is 37.6 Å². The Morgan fingerprint density at radius 1 is 1.20 bits per heavy atom. The number of hydrogen-bond acceptors (Lipinski definition) is 2. The minimum absolute atomic E-state index is 0.703. The van der Waals surface area contributed by atoms with Gasteiger partial charge < -0.3 is 10.2 Å². The van der Waals surface area contributed by atoms with Crippen molar-refractivity contribution in [3.05, 3.63) is 34.9 Å². The van der Waals surface area contributed by atoms with Crippen molar-refractivity contribution in [1.82, 2.24) is 10.2 Å². The summed E-state index contributed by atoms with van der Waals surface area (Å²) in [6.45, 7) is 6.21. The van der Waals surface area contributed by atoms with Gasteiger partial charge in [0.2, 0.25) is 0 Å². The van der Waals surface area contributed by atoms with E-state index in [1.165, 1.54) is 64.0 Å². The van der Waals surface area contributed by atoms with Gasteiger partial charge in [0.05, 0.1) is 0 Å². The molecule has 0 radical (unpaired) electrons. The summed E-state index contributed by atoms with van der Waals surface area (Å²) < 4.78 is 0. The van der Waals surface area contributed by atoms with Gasteiger partial charge in [-0.2, -0.15) is 0 Å². The summed E-state index contributed by atoms with van der Waals surface area (Å²) in [5.74, 6) is 1.57. The Labute approximate surface area is 127 Å². The Morgan fingerprint density at radius 2 is 2.05 bits per heavy atom. The third-order valence-corrected chi connectivity index (χ3v) is 5.06. The fourth-order valence-corrected chi connectivity index (χ4v) is 3.85. The summed E-state index contributed by atoms with van der Waals surface area (Å²) in [7, 11) is 0. The molecule has 3 heteroatoms. The molecule has 20 heavy (non-hydrogen) atoms. The number of halogens is 1. The molecule has 2 nitrogen and oxygen atoms in total. The highest BCUT2D eigenvalue weighted by atomic mass is 35.5. The first-order valence-corrected chi connectivity index (χ1v) is 8.37. The van der Waals surface area contributed by atoms with E-state index in [9.17, 15) is 0 Å². The quantitative estimate of drug-likeness (QED) is 0.917. The first-order valence-electron chi connectivity index (χ1n) is 8.00. The van der Waals surface area contributed by atoms with Gasteiger partial charge in [0.1, 0.15) is 0 Å². The summed E-state index contributed by atoms with van der Waals surface area (Å²) in [5.41, 5.74) is 1.43. The molecule has 110 valence electrons. The van der Waals surface area contributed by atoms with Crippen LogP contribution in [0.5, 0.6) is 0 Å². The largest absolute Gasteiger partial charge is 0.316 e. The zero-order chi connectivity index (χ0) is 13.8. The lowest BCUT2D eigenvalue weighted by Crippen LogP contribution is -2.41. The van der Waals surface area contributed by atoms with Gasteiger partial charge in [0.25, 0.3) is 0 Å². The predicted octanol–water partition coefficient (Wildman–Crippen LogP) is 3.52. The maximum atomic E-state index is 6.10. The van der Waals surface area contributed by atoms with E-state index in [0.717, 1.165) is 10.9 Å². The first kappa shape index (κ1) is 14.4. The van der Waals surface area contributed by atoms with Gasteiger partial charge in [-0.15, -0.1) is 0 Å². The third kappa shape index (κ3) is 3.75. The van der Waals surface area contributed by atoms with Gasteiger partial charge >= 0.3 is 0 Å². The summed E-state index contributed by atoms with van der Waals surface area (Å²) >= 11 is 6.10. The van der Waals surface area contributed by atoms with E-state index in [-0.39, 0.29) is 0 Å². The van der Waals surface area contributed by atoms with Crippen LogP contribution in [-0.2, 0) is 0 Å². The van der Waals surface area contributed by atoms with Crippen LogP contribution < -0.4 is 5.32 Å². The second-order valence-electron chi connectivity index (χ2n) is 6.34. The topological polar surface area (TPSA) is 15.3 Å². The highest BCUT2D eigenvalue weighted by molar-refractivity contribution is 6.30. The zero-order valence-electron chi connectivity index (χ0n) is 12.2. The maximum Gasteiger partial charge on any atom is 0.0408 e. The Morgan fingerprint density at radius 3 is 2.75 bits per heavy atom. The van der Waals surface area contributed by atoms with Crippen LogP contribution in [0.4, 0.5) is 0 Å². The van der Waals surface area contributed by atoms with Crippen molar-refractivity contribution in [2.24, 2.45) is 5.92 Å². The van der Waals surface area contributed by atoms with Crippen molar-refractivity contribution < 1.29 is 0 Å². The summed E-state index contributed by atoms with van der Waals surface area (Å²) in [6.07, 6.45) is 5.31. The molecule has 0 amide bonds. The van der Waals surface area contributed by atoms with Crippen molar-refractivity contribution in [2.75, 3.05) is 32.7 Å². The first-order chi connectivity index (χ1) is 9.81. The van der Waals surface area contributed by atoms with Gasteiger partial charge in [-0.25, -0.2) is 0 Å². The summed E-state index contributed by atoms with van der Waals surface area (Å²) in [6, 6.07) is 8.43. The summed E-state index contributed by atoms with van der Waals surface area (Å²) in [5, 5.41) is 4.40. The highest BCUT2D eigenvalue weighted by Crippen LogP contribution is 2.30. The van der Waals surface area contributed by atoms with Crippen LogP contribution in [0.3, 0.4) is 0 Å². The normalized spacial score (nSPS) is 25.8. The van der Waals surface area contributed by atoms with Crippen molar-refractivity contribution in [3.63, 3.8) is 0 Å². The summed E-state index contributed by atoms with van der Waals surface area (Å²) in [4.78, 5) is 2.67. The second kappa shape index (κ2) is 6.93. The molecule has 1 N–H and O–H groups in total. The van der Waals surface area contributed by atoms with Crippen molar-refractivity contribution in [2.45, 2.75) is 31.6 Å². The molecule has 2 aliphatic heterocycles. The minimum atomic E-state index is 0.703. The average molecular weight is 293 g/mol. The highest BCUT2D eigenvalue weighted by Gasteiger charge is 2.23. The number of hydrogen-bond donors (Lipinski definition) is 1. The number of piperidine rings is 2. The molecular weight excluding hydrogens is 268 g/mol. The SMILES string of the molecule is Clc1cccc(C2CCN(CC3CCCNC3)CC2)c1. The second-order valence-corrected chi connectivity index (χ2v) is 6.78. The van der Waals surface area contributed by atoms with Gasteiger partial charge in [0.15, 0.2) is 0 Å². The zero-order valence-corrected chi connectivity index (χ0v) is 12.9. The van der Waals surface area contributed by atoms with Crippen LogP contribution in [0.2, 0.25) is 5.02 Å². The van der Waals surface area contributed by atoms with E-state index in [1.807, 2.05) is 6.07 Å². The van der Waals surface area contributed by atoms with E-state index >= 15 is 0 Å². The van der Waals surface area contributed by atoms with E-state index in [2.05, 4.69) is 28.4 Å². The van der Waals surface area contributed by atoms with Crippen molar-refractivity contribution in [3.8, 4) is 0 Å². The average Bonchev–Trinajstić information content (AvgIpc) is 2.49. The molecule has 1 unspecified atom stereocenters. The monoisotopic (exact) mass is 292 g/mol. The standard InChI is InChI=1S/C17H25ClN2/c18-17-5-1-4-16(11-17)15-6-9-20(10-7-15)13-14-3-2-8-19-12-14/h1,4-5,11,14-15,19H,2-3,6-10,12-13H2. The smallest absolute Gasteiger partial charge is 0.0408 e. The molecule has 1 aromatic carbocycles. The van der Waals surface area contributed by atoms with Crippen LogP contribution in [0.1, 0.15) is 37.2 Å². The van der Waals surface area contributed by atoms with E-state index in [0.29, 0.717) is 5.92 Å². The lowest BCUT2D eigenvalue weighted by atomic mass is 9.88. The van der Waals surface area contributed by atoms with Crippen molar-refractivity contribution >= 4 is 11.6 Å². The number of likely N-dealkylation sites (tertiary alicyclic amines) is 1.